The van der Waals surface area contributed by atoms with E-state index < -0.39 is 0 Å². The first-order chi connectivity index (χ1) is 47.7. The van der Waals surface area contributed by atoms with Gasteiger partial charge >= 0.3 is 0 Å². The molecule has 3 aliphatic rings. The van der Waals surface area contributed by atoms with Crippen molar-refractivity contribution >= 4 is 104 Å². The molecule has 0 saturated heterocycles. The molecule has 14 heteroatoms. The number of ether oxygens (including phenoxy) is 2. The lowest BCUT2D eigenvalue weighted by Gasteiger charge is -2.25. The number of amides is 3. The van der Waals surface area contributed by atoms with Gasteiger partial charge < -0.3 is 24.2 Å². The average Bonchev–Trinajstić information content (AvgIpc) is 1.56. The molecule has 0 fully saturated rings. The lowest BCUT2D eigenvalue weighted by atomic mass is 9.82. The Morgan fingerprint density at radius 2 is 0.765 bits per heavy atom. The molecule has 0 radical (unpaired) electrons. The van der Waals surface area contributed by atoms with Crippen molar-refractivity contribution in [2.45, 2.75) is 44.3 Å². The van der Waals surface area contributed by atoms with Crippen LogP contribution in [0, 0.1) is 6.92 Å². The molecule has 15 rings (SSSR count). The molecular weight excluding hydrogens is 1340 g/mol. The van der Waals surface area contributed by atoms with E-state index in [2.05, 4.69) is 66.7 Å². The van der Waals surface area contributed by atoms with Crippen molar-refractivity contribution in [2.24, 2.45) is 0 Å². The Morgan fingerprint density at radius 3 is 1.32 bits per heavy atom. The van der Waals surface area contributed by atoms with Crippen LogP contribution in [0.2, 0.25) is 30.1 Å². The van der Waals surface area contributed by atoms with Gasteiger partial charge in [-0.05, 0) is 202 Å². The van der Waals surface area contributed by atoms with Crippen molar-refractivity contribution < 1.29 is 23.9 Å². The number of nitrogens with zero attached hydrogens (tertiary/aromatic N) is 3. The highest BCUT2D eigenvalue weighted by Gasteiger charge is 2.37. The van der Waals surface area contributed by atoms with Crippen molar-refractivity contribution in [1.82, 2.24) is 0 Å². The van der Waals surface area contributed by atoms with Crippen molar-refractivity contribution in [3.63, 3.8) is 0 Å². The van der Waals surface area contributed by atoms with Gasteiger partial charge in [-0.2, -0.15) is 0 Å². The summed E-state index contributed by atoms with van der Waals surface area (Å²) in [5, 5.41) is 3.60. The van der Waals surface area contributed by atoms with Crippen molar-refractivity contribution in [1.29, 1.82) is 0 Å². The maximum absolute atomic E-state index is 13.8. The summed E-state index contributed by atoms with van der Waals surface area (Å²) in [4.78, 5) is 46.7. The largest absolute Gasteiger partial charge is 0.497 e. The van der Waals surface area contributed by atoms with Gasteiger partial charge in [0.25, 0.3) is 17.7 Å². The van der Waals surface area contributed by atoms with Gasteiger partial charge in [-0.1, -0.05) is 215 Å². The summed E-state index contributed by atoms with van der Waals surface area (Å²) < 4.78 is 11.3. The summed E-state index contributed by atoms with van der Waals surface area (Å²) in [5.74, 6) is 0.819. The molecular formula is C84H63Cl6N3O5. The Labute approximate surface area is 600 Å². The van der Waals surface area contributed by atoms with E-state index in [1.807, 2.05) is 163 Å². The van der Waals surface area contributed by atoms with Gasteiger partial charge in [0.1, 0.15) is 11.5 Å². The molecule has 12 aromatic rings. The molecule has 8 nitrogen and oxygen atoms in total. The van der Waals surface area contributed by atoms with Gasteiger partial charge in [0.05, 0.1) is 33.9 Å². The van der Waals surface area contributed by atoms with E-state index in [4.69, 9.17) is 79.1 Å². The van der Waals surface area contributed by atoms with Crippen LogP contribution in [0.3, 0.4) is 0 Å². The zero-order valence-electron chi connectivity index (χ0n) is 53.5. The van der Waals surface area contributed by atoms with Gasteiger partial charge in [-0.3, -0.25) is 14.4 Å². The van der Waals surface area contributed by atoms with Crippen molar-refractivity contribution in [2.75, 3.05) is 28.9 Å². The fraction of sp³-hybridized carbons (Fsp3) is 0.107. The number of methoxy groups -OCH3 is 2. The van der Waals surface area contributed by atoms with Crippen LogP contribution in [0.15, 0.2) is 273 Å². The summed E-state index contributed by atoms with van der Waals surface area (Å²) in [6, 6.07) is 87.7. The highest BCUT2D eigenvalue weighted by Crippen LogP contribution is 2.50. The van der Waals surface area contributed by atoms with Crippen LogP contribution in [0.1, 0.15) is 121 Å². The number of benzene rings is 12. The Balaban J connectivity index is 0.000000133. The summed E-state index contributed by atoms with van der Waals surface area (Å²) >= 11 is 38.5. The van der Waals surface area contributed by atoms with Crippen LogP contribution in [-0.2, 0) is 19.6 Å². The normalized spacial score (nSPS) is 14.8. The van der Waals surface area contributed by atoms with Crippen molar-refractivity contribution in [3.8, 4) is 11.5 Å². The van der Waals surface area contributed by atoms with Crippen molar-refractivity contribution in [3.05, 3.63) is 392 Å². The lowest BCUT2D eigenvalue weighted by Crippen LogP contribution is -2.30. The maximum Gasteiger partial charge on any atom is 0.258 e. The highest BCUT2D eigenvalue weighted by molar-refractivity contribution is 6.33. The number of rotatable bonds is 8. The summed E-state index contributed by atoms with van der Waals surface area (Å²) in [6.45, 7) is 3.33. The number of carbonyl (C=O) groups is 3. The summed E-state index contributed by atoms with van der Waals surface area (Å²) in [5.41, 5.74) is 17.9. The molecule has 98 heavy (non-hydrogen) atoms. The van der Waals surface area contributed by atoms with E-state index >= 15 is 0 Å². The molecule has 3 heterocycles. The molecule has 486 valence electrons. The first-order valence-corrected chi connectivity index (χ1v) is 34.1. The van der Waals surface area contributed by atoms with Gasteiger partial charge in [0.15, 0.2) is 0 Å². The Bertz CT molecular complexity index is 4890. The Kier molecular flexibility index (Phi) is 20.2. The van der Waals surface area contributed by atoms with E-state index in [0.29, 0.717) is 66.5 Å². The van der Waals surface area contributed by atoms with Crippen LogP contribution in [-0.4, -0.2) is 31.9 Å². The molecule has 3 unspecified atom stereocenters. The average molecular weight is 1410 g/mol. The number of anilines is 3. The quantitative estimate of drug-likeness (QED) is 0.151. The molecule has 0 saturated carbocycles. The van der Waals surface area contributed by atoms with Gasteiger partial charge in [-0.15, -0.1) is 0 Å². The van der Waals surface area contributed by atoms with E-state index in [0.717, 1.165) is 84.2 Å². The van der Waals surface area contributed by atoms with Gasteiger partial charge in [-0.25, -0.2) is 0 Å². The number of hydrogen-bond acceptors (Lipinski definition) is 5. The molecule has 3 atom stereocenters. The molecule has 12 aromatic carbocycles. The minimum Gasteiger partial charge on any atom is -0.497 e. The minimum atomic E-state index is -0.281. The second-order valence-electron chi connectivity index (χ2n) is 24.1. The van der Waals surface area contributed by atoms with E-state index in [1.165, 1.54) is 16.7 Å². The molecule has 3 aliphatic heterocycles. The second-order valence-corrected chi connectivity index (χ2v) is 26.6. The molecule has 3 amide bonds. The smallest absolute Gasteiger partial charge is 0.258 e. The Hall–Kier alpha value is -9.61. The lowest BCUT2D eigenvalue weighted by molar-refractivity contribution is 0.0977. The summed E-state index contributed by atoms with van der Waals surface area (Å²) in [6.07, 6.45) is 0. The highest BCUT2D eigenvalue weighted by atomic mass is 35.5. The number of aryl methyl sites for hydroxylation is 1. The fourth-order valence-electron chi connectivity index (χ4n) is 13.5. The molecule has 0 bridgehead atoms. The topological polar surface area (TPSA) is 79.4 Å². The van der Waals surface area contributed by atoms with Crippen LogP contribution < -0.4 is 24.2 Å². The predicted octanol–water partition coefficient (Wildman–Crippen LogP) is 22.3. The number of halogens is 6. The van der Waals surface area contributed by atoms with Gasteiger partial charge in [0.2, 0.25) is 0 Å². The predicted molar refractivity (Wildman–Crippen MR) is 400 cm³/mol. The first-order valence-electron chi connectivity index (χ1n) is 31.8. The Morgan fingerprint density at radius 1 is 0.337 bits per heavy atom. The number of para-hydroxylation sites is 1. The second kappa shape index (κ2) is 29.6. The van der Waals surface area contributed by atoms with E-state index in [-0.39, 0.29) is 35.5 Å². The number of hydrogen-bond donors (Lipinski definition) is 0. The van der Waals surface area contributed by atoms with Crippen LogP contribution in [0.5, 0.6) is 11.5 Å². The number of fused-ring (bicyclic) bond motifs is 6. The molecule has 0 aromatic heterocycles. The first kappa shape index (κ1) is 67.0. The van der Waals surface area contributed by atoms with Crippen LogP contribution in [0.4, 0.5) is 17.1 Å². The van der Waals surface area contributed by atoms with Gasteiger partial charge in [0, 0.05) is 87.2 Å². The molecule has 0 spiro atoms. The fourth-order valence-corrected chi connectivity index (χ4v) is 14.6. The minimum absolute atomic E-state index is 0.0333. The standard InChI is InChI=1S/2C28H20Cl3NO2.C28H23NO/c1-34-25-8-4-5-18-16-32(28(33)17-9-11-19(29)12-10-17)24-14-13-20(30)15-22(24)27(26(18)25)21-6-2-3-7-23(21)31;1-34-21-11-12-22-18(14-21)16-32(28(33)17-6-8-19(29)9-7-17)26-13-10-20(30)15-24(26)27(22)23-4-2-3-5-25(23)31;1-20-15-17-22(18-16-20)28(30)29-19-23-11-5-6-12-24(23)27(21-9-3-2-4-10-21)25-13-7-8-14-26(25)29/h2*2-15,27H,16H2,1H3;2-18,27H,19H2,1H3. The third-order valence-electron chi connectivity index (χ3n) is 18.2. The van der Waals surface area contributed by atoms with Crippen LogP contribution in [0.25, 0.3) is 0 Å². The zero-order chi connectivity index (χ0) is 68.1. The molecule has 0 aliphatic carbocycles. The van der Waals surface area contributed by atoms with E-state index in [1.54, 1.807) is 78.6 Å². The SMILES string of the molecule is COc1ccc2c(c1)CN(C(=O)c1ccc(Cl)cc1)c1ccc(Cl)cc1C2c1ccccc1Cl.COc1cccc2c1C(c1ccccc1Cl)c1cc(Cl)ccc1N(C(=O)c1ccc(Cl)cc1)C2.Cc1ccc(C(=O)N2Cc3ccccc3C(c3ccccc3)c3ccccc32)cc1. The summed E-state index contributed by atoms with van der Waals surface area (Å²) in [7, 11) is 3.29. The monoisotopic (exact) mass is 1400 g/mol. The maximum atomic E-state index is 13.8. The number of carbonyl (C=O) groups excluding carboxylic acids is 3. The zero-order valence-corrected chi connectivity index (χ0v) is 58.0. The van der Waals surface area contributed by atoms with E-state index in [9.17, 15) is 14.4 Å². The van der Waals surface area contributed by atoms with Crippen LogP contribution >= 0.6 is 69.6 Å². The third-order valence-corrected chi connectivity index (χ3v) is 19.8. The molecule has 0 N–H and O–H groups in total. The third kappa shape index (κ3) is 13.8.